The molecule has 0 aliphatic rings. The molecule has 1 rings (SSSR count). The van der Waals surface area contributed by atoms with Crippen LogP contribution in [0.5, 0.6) is 0 Å². The Hall–Kier alpha value is -1.16. The standard InChI is InChI=1S/C9H15N3O/c1-7(13)9(4-10)3-8-5-11-12(2)6-8/h5-6,9H,3-4,10H2,1-2H3. The quantitative estimate of drug-likeness (QED) is 0.718. The molecule has 0 saturated heterocycles. The summed E-state index contributed by atoms with van der Waals surface area (Å²) in [6.07, 6.45) is 4.37. The highest BCUT2D eigenvalue weighted by molar-refractivity contribution is 5.78. The van der Waals surface area contributed by atoms with Gasteiger partial charge in [0.25, 0.3) is 0 Å². The van der Waals surface area contributed by atoms with Crippen molar-refractivity contribution < 1.29 is 4.79 Å². The highest BCUT2D eigenvalue weighted by Crippen LogP contribution is 2.07. The van der Waals surface area contributed by atoms with Gasteiger partial charge in [0.2, 0.25) is 0 Å². The SMILES string of the molecule is CC(=O)C(CN)Cc1cnn(C)c1. The van der Waals surface area contributed by atoms with Crippen molar-refractivity contribution >= 4 is 5.78 Å². The fourth-order valence-electron chi connectivity index (χ4n) is 1.25. The van der Waals surface area contributed by atoms with Gasteiger partial charge in [-0.3, -0.25) is 9.48 Å². The van der Waals surface area contributed by atoms with Crippen LogP contribution in [0, 0.1) is 5.92 Å². The van der Waals surface area contributed by atoms with Gasteiger partial charge in [0.1, 0.15) is 5.78 Å². The Kier molecular flexibility index (Phi) is 3.19. The lowest BCUT2D eigenvalue weighted by molar-refractivity contribution is -0.120. The van der Waals surface area contributed by atoms with E-state index >= 15 is 0 Å². The minimum absolute atomic E-state index is 0.0656. The molecule has 1 unspecified atom stereocenters. The maximum absolute atomic E-state index is 11.1. The van der Waals surface area contributed by atoms with Crippen molar-refractivity contribution in [3.8, 4) is 0 Å². The fraction of sp³-hybridized carbons (Fsp3) is 0.556. The number of nitrogens with zero attached hydrogens (tertiary/aromatic N) is 2. The van der Waals surface area contributed by atoms with Gasteiger partial charge in [-0.15, -0.1) is 0 Å². The Balaban J connectivity index is 2.61. The van der Waals surface area contributed by atoms with Gasteiger partial charge in [0.15, 0.2) is 0 Å². The first-order valence-electron chi connectivity index (χ1n) is 4.31. The molecule has 72 valence electrons. The molecular weight excluding hydrogens is 166 g/mol. The summed E-state index contributed by atoms with van der Waals surface area (Å²) in [5.74, 6) is 0.0792. The van der Waals surface area contributed by atoms with Crippen LogP contribution in [0.15, 0.2) is 12.4 Å². The van der Waals surface area contributed by atoms with E-state index in [1.807, 2.05) is 13.2 Å². The van der Waals surface area contributed by atoms with Crippen molar-refractivity contribution in [2.24, 2.45) is 18.7 Å². The van der Waals surface area contributed by atoms with Crippen molar-refractivity contribution in [2.45, 2.75) is 13.3 Å². The van der Waals surface area contributed by atoms with Crippen LogP contribution < -0.4 is 5.73 Å². The second kappa shape index (κ2) is 4.18. The van der Waals surface area contributed by atoms with Crippen LogP contribution in [0.2, 0.25) is 0 Å². The summed E-state index contributed by atoms with van der Waals surface area (Å²) in [6.45, 7) is 1.98. The van der Waals surface area contributed by atoms with Gasteiger partial charge in [-0.05, 0) is 18.9 Å². The molecule has 4 heteroatoms. The van der Waals surface area contributed by atoms with E-state index in [1.165, 1.54) is 0 Å². The molecule has 0 aromatic carbocycles. The first-order valence-corrected chi connectivity index (χ1v) is 4.31. The lowest BCUT2D eigenvalue weighted by Crippen LogP contribution is -2.23. The van der Waals surface area contributed by atoms with Crippen molar-refractivity contribution in [1.29, 1.82) is 0 Å². The smallest absolute Gasteiger partial charge is 0.134 e. The van der Waals surface area contributed by atoms with E-state index in [1.54, 1.807) is 17.8 Å². The van der Waals surface area contributed by atoms with Crippen LogP contribution in [-0.4, -0.2) is 22.1 Å². The molecular formula is C9H15N3O. The third-order valence-corrected chi connectivity index (χ3v) is 2.10. The summed E-state index contributed by atoms with van der Waals surface area (Å²) in [7, 11) is 1.86. The highest BCUT2D eigenvalue weighted by Gasteiger charge is 2.13. The van der Waals surface area contributed by atoms with Gasteiger partial charge in [-0.1, -0.05) is 0 Å². The van der Waals surface area contributed by atoms with Crippen LogP contribution >= 0.6 is 0 Å². The third-order valence-electron chi connectivity index (χ3n) is 2.10. The normalized spacial score (nSPS) is 12.8. The topological polar surface area (TPSA) is 60.9 Å². The molecule has 4 nitrogen and oxygen atoms in total. The number of carbonyl (C=O) groups excluding carboxylic acids is 1. The number of ketones is 1. The van der Waals surface area contributed by atoms with Crippen LogP contribution in [0.4, 0.5) is 0 Å². The molecule has 13 heavy (non-hydrogen) atoms. The van der Waals surface area contributed by atoms with Crippen LogP contribution in [0.25, 0.3) is 0 Å². The molecule has 1 aromatic heterocycles. The molecule has 0 radical (unpaired) electrons. The number of rotatable bonds is 4. The number of hydrogen-bond donors (Lipinski definition) is 1. The van der Waals surface area contributed by atoms with E-state index < -0.39 is 0 Å². The van der Waals surface area contributed by atoms with Crippen molar-refractivity contribution in [3.63, 3.8) is 0 Å². The van der Waals surface area contributed by atoms with Crippen molar-refractivity contribution in [3.05, 3.63) is 18.0 Å². The summed E-state index contributed by atoms with van der Waals surface area (Å²) in [5, 5.41) is 4.03. The first kappa shape index (κ1) is 9.92. The molecule has 0 saturated carbocycles. The predicted octanol–water partition coefficient (Wildman–Crippen LogP) is 0.126. The Morgan fingerprint density at radius 1 is 1.77 bits per heavy atom. The number of aryl methyl sites for hydroxylation is 1. The molecule has 0 spiro atoms. The number of hydrogen-bond acceptors (Lipinski definition) is 3. The highest BCUT2D eigenvalue weighted by atomic mass is 16.1. The number of aromatic nitrogens is 2. The third kappa shape index (κ3) is 2.66. The summed E-state index contributed by atoms with van der Waals surface area (Å²) in [6, 6.07) is 0. The largest absolute Gasteiger partial charge is 0.330 e. The lowest BCUT2D eigenvalue weighted by atomic mass is 9.98. The maximum atomic E-state index is 11.1. The van der Waals surface area contributed by atoms with Crippen molar-refractivity contribution in [2.75, 3.05) is 6.54 Å². The Morgan fingerprint density at radius 3 is 2.85 bits per heavy atom. The number of carbonyl (C=O) groups is 1. The summed E-state index contributed by atoms with van der Waals surface area (Å²) >= 11 is 0. The zero-order valence-corrected chi connectivity index (χ0v) is 8.03. The summed E-state index contributed by atoms with van der Waals surface area (Å²) in [5.41, 5.74) is 6.54. The second-order valence-corrected chi connectivity index (χ2v) is 3.27. The number of nitrogens with two attached hydrogens (primary N) is 1. The molecule has 0 aliphatic carbocycles. The van der Waals surface area contributed by atoms with E-state index in [-0.39, 0.29) is 11.7 Å². The predicted molar refractivity (Wildman–Crippen MR) is 50.1 cm³/mol. The van der Waals surface area contributed by atoms with E-state index in [4.69, 9.17) is 5.73 Å². The molecule has 0 amide bonds. The molecule has 2 N–H and O–H groups in total. The zero-order valence-electron chi connectivity index (χ0n) is 8.03. The molecule has 0 fully saturated rings. The van der Waals surface area contributed by atoms with Crippen LogP contribution in [-0.2, 0) is 18.3 Å². The zero-order chi connectivity index (χ0) is 9.84. The van der Waals surface area contributed by atoms with Gasteiger partial charge >= 0.3 is 0 Å². The van der Waals surface area contributed by atoms with Gasteiger partial charge in [0.05, 0.1) is 6.20 Å². The molecule has 1 atom stereocenters. The van der Waals surface area contributed by atoms with Crippen LogP contribution in [0.1, 0.15) is 12.5 Å². The Morgan fingerprint density at radius 2 is 2.46 bits per heavy atom. The summed E-state index contributed by atoms with van der Waals surface area (Å²) < 4.78 is 1.73. The van der Waals surface area contributed by atoms with E-state index in [2.05, 4.69) is 5.10 Å². The fourth-order valence-corrected chi connectivity index (χ4v) is 1.25. The minimum Gasteiger partial charge on any atom is -0.330 e. The number of Topliss-reactive ketones (excluding diaryl/α,β-unsaturated/α-hetero) is 1. The summed E-state index contributed by atoms with van der Waals surface area (Å²) in [4.78, 5) is 11.1. The lowest BCUT2D eigenvalue weighted by Gasteiger charge is -2.08. The van der Waals surface area contributed by atoms with Crippen molar-refractivity contribution in [1.82, 2.24) is 9.78 Å². The molecule has 1 aromatic rings. The Labute approximate surface area is 77.7 Å². The van der Waals surface area contributed by atoms with E-state index in [0.29, 0.717) is 13.0 Å². The average molecular weight is 181 g/mol. The monoisotopic (exact) mass is 181 g/mol. The molecule has 1 heterocycles. The van der Waals surface area contributed by atoms with Gasteiger partial charge < -0.3 is 5.73 Å². The van der Waals surface area contributed by atoms with Gasteiger partial charge in [0, 0.05) is 25.7 Å². The first-order chi connectivity index (χ1) is 6.13. The van der Waals surface area contributed by atoms with Gasteiger partial charge in [-0.25, -0.2) is 0 Å². The maximum Gasteiger partial charge on any atom is 0.134 e. The Bertz CT molecular complexity index is 293. The second-order valence-electron chi connectivity index (χ2n) is 3.27. The van der Waals surface area contributed by atoms with Crippen LogP contribution in [0.3, 0.4) is 0 Å². The molecule has 0 aliphatic heterocycles. The van der Waals surface area contributed by atoms with E-state index in [0.717, 1.165) is 5.56 Å². The minimum atomic E-state index is -0.0656. The average Bonchev–Trinajstić information content (AvgIpc) is 2.46. The molecule has 0 bridgehead atoms. The van der Waals surface area contributed by atoms with E-state index in [9.17, 15) is 4.79 Å². The van der Waals surface area contributed by atoms with Gasteiger partial charge in [-0.2, -0.15) is 5.10 Å².